The van der Waals surface area contributed by atoms with Crippen molar-refractivity contribution in [2.75, 3.05) is 7.11 Å². The lowest BCUT2D eigenvalue weighted by Gasteiger charge is -2.12. The van der Waals surface area contributed by atoms with Crippen LogP contribution in [0.2, 0.25) is 0 Å². The maximum atomic E-state index is 11.3. The van der Waals surface area contributed by atoms with Gasteiger partial charge in [-0.2, -0.15) is 8.42 Å². The summed E-state index contributed by atoms with van der Waals surface area (Å²) in [5.41, 5.74) is -0.259. The highest BCUT2D eigenvalue weighted by Crippen LogP contribution is 2.22. The molecule has 0 aromatic heterocycles. The highest BCUT2D eigenvalue weighted by Gasteiger charge is 2.10. The van der Waals surface area contributed by atoms with Gasteiger partial charge in [-0.3, -0.25) is 4.55 Å². The van der Waals surface area contributed by atoms with E-state index in [9.17, 15) is 18.3 Å². The molecular weight excluding hydrogens is 240 g/mol. The summed E-state index contributed by atoms with van der Waals surface area (Å²) in [7, 11) is -3.59. The van der Waals surface area contributed by atoms with Gasteiger partial charge in [-0.25, -0.2) is 4.79 Å². The highest BCUT2D eigenvalue weighted by atomic mass is 32.3. The number of hydrogen-bond acceptors (Lipinski definition) is 6. The number of esters is 1. The van der Waals surface area contributed by atoms with Gasteiger partial charge in [0.15, 0.2) is 0 Å². The number of carbonyl (C=O) groups is 1. The summed E-state index contributed by atoms with van der Waals surface area (Å²) in [6, 6.07) is 2.83. The van der Waals surface area contributed by atoms with Crippen LogP contribution in [0.25, 0.3) is 0 Å². The lowest BCUT2D eigenvalue weighted by Crippen LogP contribution is -2.09. The minimum atomic E-state index is -4.69. The number of carbonyl (C=O) groups excluding carboxylic acids is 1. The van der Waals surface area contributed by atoms with Crippen LogP contribution < -0.4 is 9.29 Å². The van der Waals surface area contributed by atoms with Crippen molar-refractivity contribution in [2.45, 2.75) is 0 Å². The zero-order chi connectivity index (χ0) is 12.3. The summed E-state index contributed by atoms with van der Waals surface area (Å²) in [6.07, 6.45) is 0. The van der Waals surface area contributed by atoms with Crippen molar-refractivity contribution in [3.05, 3.63) is 23.8 Å². The maximum absolute atomic E-state index is 11.3. The molecule has 1 aromatic carbocycles. The van der Waals surface area contributed by atoms with Crippen LogP contribution in [0.1, 0.15) is 10.4 Å². The monoisotopic (exact) mass is 247 g/mol. The second kappa shape index (κ2) is 4.37. The molecule has 0 fully saturated rings. The molecule has 0 atom stereocenters. The van der Waals surface area contributed by atoms with Crippen LogP contribution in [0.15, 0.2) is 18.2 Å². The quantitative estimate of drug-likeness (QED) is 0.577. The molecule has 0 radical (unpaired) electrons. The van der Waals surface area contributed by atoms with Crippen LogP contribution >= 0.6 is 0 Å². The van der Waals surface area contributed by atoms with Gasteiger partial charge in [0.25, 0.3) is 0 Å². The van der Waals surface area contributed by atoms with E-state index in [-0.39, 0.29) is 11.3 Å². The van der Waals surface area contributed by atoms with Gasteiger partial charge >= 0.3 is 16.4 Å². The van der Waals surface area contributed by atoms with Crippen LogP contribution in [-0.4, -0.2) is 26.0 Å². The molecule has 1 rings (SSSR count). The van der Waals surface area contributed by atoms with Crippen LogP contribution in [0.5, 0.6) is 11.5 Å². The first-order valence-electron chi connectivity index (χ1n) is 3.90. The molecule has 0 saturated carbocycles. The van der Waals surface area contributed by atoms with E-state index in [0.29, 0.717) is 0 Å². The second-order valence-electron chi connectivity index (χ2n) is 2.66. The van der Waals surface area contributed by atoms with E-state index in [1.165, 1.54) is 0 Å². The molecule has 0 aliphatic heterocycles. The molecule has 1 aromatic rings. The molecule has 8 heteroatoms. The highest BCUT2D eigenvalue weighted by molar-refractivity contribution is 7.81. The lowest BCUT2D eigenvalue weighted by molar-refractivity contribution is -0.268. The minimum absolute atomic E-state index is 0.259. The van der Waals surface area contributed by atoms with E-state index in [2.05, 4.69) is 8.92 Å². The maximum Gasteiger partial charge on any atom is 0.446 e. The number of rotatable bonds is 3. The predicted octanol–water partition coefficient (Wildman–Crippen LogP) is -0.272. The summed E-state index contributed by atoms with van der Waals surface area (Å²) in [4.78, 5) is 11.0. The van der Waals surface area contributed by atoms with Gasteiger partial charge in [0.1, 0.15) is 5.75 Å². The molecular formula is C8H7O7S-. The van der Waals surface area contributed by atoms with Crippen molar-refractivity contribution in [1.29, 1.82) is 0 Å². The fraction of sp³-hybridized carbons (Fsp3) is 0.125. The molecule has 88 valence electrons. The van der Waals surface area contributed by atoms with E-state index in [1.807, 2.05) is 0 Å². The van der Waals surface area contributed by atoms with E-state index in [0.717, 1.165) is 25.3 Å². The fourth-order valence-electron chi connectivity index (χ4n) is 0.955. The number of methoxy groups -OCH3 is 1. The summed E-state index contributed by atoms with van der Waals surface area (Å²) in [5, 5.41) is 11.3. The lowest BCUT2D eigenvalue weighted by atomic mass is 10.2. The Hall–Kier alpha value is -1.80. The Morgan fingerprint density at radius 3 is 2.50 bits per heavy atom. The van der Waals surface area contributed by atoms with Crippen molar-refractivity contribution in [3.63, 3.8) is 0 Å². The zero-order valence-corrected chi connectivity index (χ0v) is 8.85. The van der Waals surface area contributed by atoms with Gasteiger partial charge in [-0.05, 0) is 18.2 Å². The van der Waals surface area contributed by atoms with Crippen molar-refractivity contribution >= 4 is 16.4 Å². The smallest absolute Gasteiger partial charge is 0.446 e. The third-order valence-electron chi connectivity index (χ3n) is 1.56. The molecule has 0 unspecified atom stereocenters. The molecule has 0 bridgehead atoms. The third kappa shape index (κ3) is 3.11. The largest absolute Gasteiger partial charge is 0.872 e. The van der Waals surface area contributed by atoms with Gasteiger partial charge in [0.05, 0.1) is 12.7 Å². The number of benzene rings is 1. The van der Waals surface area contributed by atoms with E-state index < -0.39 is 22.1 Å². The van der Waals surface area contributed by atoms with Crippen LogP contribution in [0.4, 0.5) is 0 Å². The molecule has 1 N–H and O–H groups in total. The standard InChI is InChI=1S/C8H8O7S/c1-14-8(10)6-3-2-5(4-7(6)9)15-16(11,12)13/h2-4,9H,1H3,(H,11,12,13)/p-1. The van der Waals surface area contributed by atoms with Gasteiger partial charge in [0.2, 0.25) is 0 Å². The normalized spacial score (nSPS) is 10.9. The molecule has 0 aliphatic carbocycles. The molecule has 16 heavy (non-hydrogen) atoms. The Morgan fingerprint density at radius 2 is 2.06 bits per heavy atom. The Kier molecular flexibility index (Phi) is 3.35. The molecule has 0 spiro atoms. The van der Waals surface area contributed by atoms with Crippen molar-refractivity contribution in [2.24, 2.45) is 0 Å². The van der Waals surface area contributed by atoms with Gasteiger partial charge in [0, 0.05) is 0 Å². The van der Waals surface area contributed by atoms with Gasteiger partial charge < -0.3 is 14.0 Å². The van der Waals surface area contributed by atoms with E-state index in [4.69, 9.17) is 4.55 Å². The second-order valence-corrected chi connectivity index (χ2v) is 3.68. The van der Waals surface area contributed by atoms with Crippen LogP contribution in [0, 0.1) is 0 Å². The molecule has 7 nitrogen and oxygen atoms in total. The molecule has 0 aliphatic rings. The minimum Gasteiger partial charge on any atom is -0.872 e. The summed E-state index contributed by atoms with van der Waals surface area (Å²) in [5.74, 6) is -2.00. The molecule has 0 heterocycles. The van der Waals surface area contributed by atoms with E-state index in [1.54, 1.807) is 0 Å². The number of ether oxygens (including phenoxy) is 1. The average Bonchev–Trinajstić information content (AvgIpc) is 2.14. The first-order valence-corrected chi connectivity index (χ1v) is 5.26. The first kappa shape index (κ1) is 12.3. The molecule has 0 saturated heterocycles. The van der Waals surface area contributed by atoms with Crippen molar-refractivity contribution < 1.29 is 31.8 Å². The van der Waals surface area contributed by atoms with Gasteiger partial charge in [-0.15, -0.1) is 0 Å². The van der Waals surface area contributed by atoms with Crippen molar-refractivity contribution in [3.8, 4) is 11.5 Å². The molecule has 0 amide bonds. The van der Waals surface area contributed by atoms with E-state index >= 15 is 0 Å². The summed E-state index contributed by atoms with van der Waals surface area (Å²) in [6.45, 7) is 0. The average molecular weight is 247 g/mol. The van der Waals surface area contributed by atoms with Gasteiger partial charge in [-0.1, -0.05) is 5.75 Å². The summed E-state index contributed by atoms with van der Waals surface area (Å²) >= 11 is 0. The fourth-order valence-corrected chi connectivity index (χ4v) is 1.30. The zero-order valence-electron chi connectivity index (χ0n) is 8.04. The SMILES string of the molecule is COC(=O)c1ccc(OS(=O)(=O)O)cc1[O-]. The topological polar surface area (TPSA) is 113 Å². The first-order chi connectivity index (χ1) is 7.33. The Morgan fingerprint density at radius 1 is 1.44 bits per heavy atom. The van der Waals surface area contributed by atoms with Crippen LogP contribution in [-0.2, 0) is 15.1 Å². The van der Waals surface area contributed by atoms with Crippen LogP contribution in [0.3, 0.4) is 0 Å². The number of hydrogen-bond donors (Lipinski definition) is 1. The summed E-state index contributed by atoms with van der Waals surface area (Å²) < 4.78 is 37.3. The predicted molar refractivity (Wildman–Crippen MR) is 49.4 cm³/mol. The Balaban J connectivity index is 3.05. The Bertz CT molecular complexity index is 505. The van der Waals surface area contributed by atoms with Crippen molar-refractivity contribution in [1.82, 2.24) is 0 Å². The third-order valence-corrected chi connectivity index (χ3v) is 1.96. The Labute approximate surface area is 91.2 Å².